The Morgan fingerprint density at radius 3 is 2.59 bits per heavy atom. The number of nitrogens with zero attached hydrogens (tertiary/aromatic N) is 1. The maximum atomic E-state index is 11.6. The Labute approximate surface area is 106 Å². The van der Waals surface area contributed by atoms with E-state index in [1.165, 1.54) is 6.20 Å². The van der Waals surface area contributed by atoms with Gasteiger partial charge in [-0.2, -0.15) is 0 Å². The van der Waals surface area contributed by atoms with Gasteiger partial charge in [-0.1, -0.05) is 0 Å². The summed E-state index contributed by atoms with van der Waals surface area (Å²) >= 11 is 5.02. The summed E-state index contributed by atoms with van der Waals surface area (Å²) in [6, 6.07) is 3.37. The highest BCUT2D eigenvalue weighted by Crippen LogP contribution is 1.97. The van der Waals surface area contributed by atoms with Crippen LogP contribution < -0.4 is 16.2 Å². The van der Waals surface area contributed by atoms with Crippen molar-refractivity contribution in [1.29, 1.82) is 0 Å². The van der Waals surface area contributed by atoms with E-state index in [2.05, 4.69) is 21.2 Å². The van der Waals surface area contributed by atoms with Gasteiger partial charge in [0.2, 0.25) is 0 Å². The van der Waals surface area contributed by atoms with E-state index in [1.807, 2.05) is 20.8 Å². The molecule has 1 aromatic heterocycles. The van der Waals surface area contributed by atoms with Gasteiger partial charge in [-0.15, -0.1) is 0 Å². The third-order valence-electron chi connectivity index (χ3n) is 1.70. The standard InChI is InChI=1S/C11H16N4OS/c1-11(2,3)13-10(17)15-14-9(16)8-5-4-6-12-7-8/h4-7H,1-3H3,(H,14,16)(H2,13,15,17). The lowest BCUT2D eigenvalue weighted by atomic mass is 10.1. The van der Waals surface area contributed by atoms with Crippen molar-refractivity contribution in [3.8, 4) is 0 Å². The Hall–Kier alpha value is -1.69. The molecule has 1 amide bonds. The zero-order valence-corrected chi connectivity index (χ0v) is 10.9. The molecule has 5 nitrogen and oxygen atoms in total. The number of thiocarbonyl (C=S) groups is 1. The van der Waals surface area contributed by atoms with Crippen molar-refractivity contribution in [3.63, 3.8) is 0 Å². The lowest BCUT2D eigenvalue weighted by molar-refractivity contribution is 0.0943. The number of nitrogens with one attached hydrogen (secondary N) is 3. The minimum atomic E-state index is -0.281. The molecule has 1 aromatic rings. The van der Waals surface area contributed by atoms with Crippen molar-refractivity contribution in [1.82, 2.24) is 21.2 Å². The van der Waals surface area contributed by atoms with Gasteiger partial charge in [0.25, 0.3) is 5.91 Å². The smallest absolute Gasteiger partial charge is 0.271 e. The largest absolute Gasteiger partial charge is 0.357 e. The zero-order valence-electron chi connectivity index (χ0n) is 10.1. The van der Waals surface area contributed by atoms with Crippen LogP contribution in [0.15, 0.2) is 24.5 Å². The molecule has 0 aliphatic carbocycles. The lowest BCUT2D eigenvalue weighted by Gasteiger charge is -2.23. The number of carbonyl (C=O) groups excluding carboxylic acids is 1. The maximum Gasteiger partial charge on any atom is 0.271 e. The van der Waals surface area contributed by atoms with Crippen LogP contribution in [0.4, 0.5) is 0 Å². The van der Waals surface area contributed by atoms with E-state index in [0.717, 1.165) is 0 Å². The maximum absolute atomic E-state index is 11.6. The predicted octanol–water partition coefficient (Wildman–Crippen LogP) is 0.989. The van der Waals surface area contributed by atoms with Gasteiger partial charge in [-0.05, 0) is 45.1 Å². The quantitative estimate of drug-likeness (QED) is 0.514. The fraction of sp³-hybridized carbons (Fsp3) is 0.364. The Morgan fingerprint density at radius 2 is 2.06 bits per heavy atom. The van der Waals surface area contributed by atoms with Gasteiger partial charge in [-0.25, -0.2) is 0 Å². The van der Waals surface area contributed by atoms with Crippen molar-refractivity contribution in [2.24, 2.45) is 0 Å². The number of hydrogen-bond acceptors (Lipinski definition) is 3. The number of carbonyl (C=O) groups is 1. The van der Waals surface area contributed by atoms with Crippen molar-refractivity contribution in [3.05, 3.63) is 30.1 Å². The number of rotatable bonds is 1. The summed E-state index contributed by atoms with van der Waals surface area (Å²) in [4.78, 5) is 15.5. The number of aromatic nitrogens is 1. The van der Waals surface area contributed by atoms with Gasteiger partial charge in [0, 0.05) is 17.9 Å². The first kappa shape index (κ1) is 13.4. The first-order chi connectivity index (χ1) is 7.88. The Morgan fingerprint density at radius 1 is 1.35 bits per heavy atom. The van der Waals surface area contributed by atoms with Gasteiger partial charge >= 0.3 is 0 Å². The molecular weight excluding hydrogens is 236 g/mol. The fourth-order valence-corrected chi connectivity index (χ4v) is 1.41. The molecule has 0 saturated carbocycles. The van der Waals surface area contributed by atoms with Gasteiger partial charge in [0.15, 0.2) is 5.11 Å². The van der Waals surface area contributed by atoms with E-state index in [-0.39, 0.29) is 11.4 Å². The number of pyridine rings is 1. The van der Waals surface area contributed by atoms with E-state index >= 15 is 0 Å². The Bertz CT molecular complexity index is 400. The number of hydrazine groups is 1. The van der Waals surface area contributed by atoms with Crippen LogP contribution in [0.1, 0.15) is 31.1 Å². The van der Waals surface area contributed by atoms with Crippen LogP contribution in [0.5, 0.6) is 0 Å². The minimum Gasteiger partial charge on any atom is -0.357 e. The predicted molar refractivity (Wildman–Crippen MR) is 70.3 cm³/mol. The van der Waals surface area contributed by atoms with Crippen molar-refractivity contribution >= 4 is 23.2 Å². The molecular formula is C11H16N4OS. The van der Waals surface area contributed by atoms with E-state index in [9.17, 15) is 4.79 Å². The molecule has 92 valence electrons. The number of hydrogen-bond donors (Lipinski definition) is 3. The molecule has 0 bridgehead atoms. The average molecular weight is 252 g/mol. The molecule has 0 spiro atoms. The first-order valence-corrected chi connectivity index (χ1v) is 5.58. The second kappa shape index (κ2) is 5.58. The zero-order chi connectivity index (χ0) is 12.9. The highest BCUT2D eigenvalue weighted by atomic mass is 32.1. The summed E-state index contributed by atoms with van der Waals surface area (Å²) < 4.78 is 0. The molecule has 6 heteroatoms. The van der Waals surface area contributed by atoms with E-state index < -0.39 is 0 Å². The molecule has 1 heterocycles. The molecule has 3 N–H and O–H groups in total. The molecule has 0 radical (unpaired) electrons. The van der Waals surface area contributed by atoms with Crippen LogP contribution in [-0.4, -0.2) is 21.5 Å². The molecule has 0 saturated heterocycles. The molecule has 17 heavy (non-hydrogen) atoms. The molecule has 1 rings (SSSR count). The normalized spacial score (nSPS) is 10.5. The lowest BCUT2D eigenvalue weighted by Crippen LogP contribution is -2.52. The highest BCUT2D eigenvalue weighted by molar-refractivity contribution is 7.80. The molecule has 0 atom stereocenters. The first-order valence-electron chi connectivity index (χ1n) is 5.17. The van der Waals surface area contributed by atoms with Gasteiger partial charge < -0.3 is 5.32 Å². The molecule has 0 fully saturated rings. The summed E-state index contributed by atoms with van der Waals surface area (Å²) in [5.74, 6) is -0.281. The highest BCUT2D eigenvalue weighted by Gasteiger charge is 2.11. The average Bonchev–Trinajstić information content (AvgIpc) is 2.25. The van der Waals surface area contributed by atoms with E-state index in [0.29, 0.717) is 10.7 Å². The third-order valence-corrected chi connectivity index (χ3v) is 1.91. The summed E-state index contributed by atoms with van der Waals surface area (Å²) in [5.41, 5.74) is 5.44. The summed E-state index contributed by atoms with van der Waals surface area (Å²) in [5, 5.41) is 3.39. The van der Waals surface area contributed by atoms with Crippen LogP contribution in [-0.2, 0) is 0 Å². The minimum absolute atomic E-state index is 0.150. The van der Waals surface area contributed by atoms with Crippen LogP contribution in [0.2, 0.25) is 0 Å². The van der Waals surface area contributed by atoms with E-state index in [1.54, 1.807) is 18.3 Å². The van der Waals surface area contributed by atoms with Crippen molar-refractivity contribution < 1.29 is 4.79 Å². The van der Waals surface area contributed by atoms with Gasteiger partial charge in [0.1, 0.15) is 0 Å². The fourth-order valence-electron chi connectivity index (χ4n) is 1.05. The topological polar surface area (TPSA) is 66.0 Å². The summed E-state index contributed by atoms with van der Waals surface area (Å²) in [6.45, 7) is 5.93. The Kier molecular flexibility index (Phi) is 4.39. The van der Waals surface area contributed by atoms with Crippen molar-refractivity contribution in [2.45, 2.75) is 26.3 Å². The van der Waals surface area contributed by atoms with E-state index in [4.69, 9.17) is 12.2 Å². The monoisotopic (exact) mass is 252 g/mol. The van der Waals surface area contributed by atoms with Gasteiger partial charge in [0.05, 0.1) is 5.56 Å². The SMILES string of the molecule is CC(C)(C)NC(=S)NNC(=O)c1cccnc1. The molecule has 0 aliphatic heterocycles. The summed E-state index contributed by atoms with van der Waals surface area (Å²) in [7, 11) is 0. The molecule has 0 aliphatic rings. The molecule has 0 unspecified atom stereocenters. The van der Waals surface area contributed by atoms with Crippen LogP contribution in [0.25, 0.3) is 0 Å². The molecule has 0 aromatic carbocycles. The van der Waals surface area contributed by atoms with Crippen LogP contribution in [0, 0.1) is 0 Å². The van der Waals surface area contributed by atoms with Gasteiger partial charge in [-0.3, -0.25) is 20.6 Å². The second-order valence-corrected chi connectivity index (χ2v) is 4.93. The third kappa shape index (κ3) is 5.26. The van der Waals surface area contributed by atoms with Crippen LogP contribution in [0.3, 0.4) is 0 Å². The van der Waals surface area contributed by atoms with Crippen LogP contribution >= 0.6 is 12.2 Å². The Balaban J connectivity index is 2.42. The van der Waals surface area contributed by atoms with Crippen molar-refractivity contribution in [2.75, 3.05) is 0 Å². The number of amides is 1. The second-order valence-electron chi connectivity index (χ2n) is 4.52. The summed E-state index contributed by atoms with van der Waals surface area (Å²) in [6.07, 6.45) is 3.09.